The topological polar surface area (TPSA) is 15.3 Å². The zero-order valence-corrected chi connectivity index (χ0v) is 7.98. The van der Waals surface area contributed by atoms with Crippen LogP contribution in [0.2, 0.25) is 0 Å². The van der Waals surface area contributed by atoms with E-state index in [2.05, 4.69) is 22.6 Å². The van der Waals surface area contributed by atoms with E-state index in [1.54, 1.807) is 0 Å². The quantitative estimate of drug-likeness (QED) is 0.353. The van der Waals surface area contributed by atoms with Crippen LogP contribution < -0.4 is 5.43 Å². The fraction of sp³-hybridized carbons (Fsp3) is 0.778. The monoisotopic (exact) mass is 186 g/mol. The molecule has 0 aromatic carbocycles. The molecule has 2 heterocycles. The van der Waals surface area contributed by atoms with Gasteiger partial charge in [0.05, 0.1) is 0 Å². The van der Waals surface area contributed by atoms with Crippen molar-refractivity contribution in [1.82, 2.24) is 10.4 Å². The van der Waals surface area contributed by atoms with Gasteiger partial charge in [-0.25, -0.2) is 5.01 Å². The summed E-state index contributed by atoms with van der Waals surface area (Å²) in [6.45, 7) is 2.11. The zero-order chi connectivity index (χ0) is 8.44. The van der Waals surface area contributed by atoms with Crippen LogP contribution in [0, 0.1) is 0 Å². The molecule has 1 atom stereocenters. The minimum atomic E-state index is -0.227. The maximum Gasteiger partial charge on any atom is 0.127 e. The SMILES string of the molecule is ClC12C=CCCN1NCCCC2. The van der Waals surface area contributed by atoms with Crippen molar-refractivity contribution in [1.29, 1.82) is 0 Å². The summed E-state index contributed by atoms with van der Waals surface area (Å²) in [4.78, 5) is -0.227. The minimum absolute atomic E-state index is 0.227. The summed E-state index contributed by atoms with van der Waals surface area (Å²) < 4.78 is 0. The van der Waals surface area contributed by atoms with Crippen LogP contribution in [0.1, 0.15) is 25.7 Å². The van der Waals surface area contributed by atoms with Gasteiger partial charge in [-0.3, -0.25) is 5.43 Å². The molecular weight excluding hydrogens is 172 g/mol. The van der Waals surface area contributed by atoms with Crippen LogP contribution in [0.15, 0.2) is 12.2 Å². The van der Waals surface area contributed by atoms with E-state index < -0.39 is 0 Å². The molecule has 0 bridgehead atoms. The van der Waals surface area contributed by atoms with Gasteiger partial charge in [-0.1, -0.05) is 23.8 Å². The van der Waals surface area contributed by atoms with E-state index in [1.165, 1.54) is 12.8 Å². The first-order valence-corrected chi connectivity index (χ1v) is 5.07. The number of alkyl halides is 1. The zero-order valence-electron chi connectivity index (χ0n) is 7.22. The van der Waals surface area contributed by atoms with E-state index in [4.69, 9.17) is 11.6 Å². The Hall–Kier alpha value is -0.0500. The van der Waals surface area contributed by atoms with Crippen molar-refractivity contribution in [3.63, 3.8) is 0 Å². The van der Waals surface area contributed by atoms with Crippen LogP contribution in [0.5, 0.6) is 0 Å². The number of fused-ring (bicyclic) bond motifs is 1. The highest BCUT2D eigenvalue weighted by molar-refractivity contribution is 6.24. The highest BCUT2D eigenvalue weighted by Gasteiger charge is 2.34. The second kappa shape index (κ2) is 3.36. The Morgan fingerprint density at radius 2 is 2.33 bits per heavy atom. The Morgan fingerprint density at radius 1 is 1.42 bits per heavy atom. The molecule has 1 N–H and O–H groups in total. The summed E-state index contributed by atoms with van der Waals surface area (Å²) in [6.07, 6.45) is 8.96. The Kier molecular flexibility index (Phi) is 2.40. The predicted octanol–water partition coefficient (Wildman–Crippen LogP) is 1.87. The van der Waals surface area contributed by atoms with E-state index in [0.717, 1.165) is 25.9 Å². The van der Waals surface area contributed by atoms with Gasteiger partial charge in [-0.05, 0) is 25.7 Å². The van der Waals surface area contributed by atoms with Crippen molar-refractivity contribution in [2.45, 2.75) is 30.7 Å². The lowest BCUT2D eigenvalue weighted by atomic mass is 10.1. The fourth-order valence-corrected chi connectivity index (χ4v) is 2.25. The summed E-state index contributed by atoms with van der Waals surface area (Å²) >= 11 is 6.46. The first-order valence-electron chi connectivity index (χ1n) is 4.69. The molecule has 2 aliphatic rings. The fourth-order valence-electron chi connectivity index (χ4n) is 1.88. The third-order valence-electron chi connectivity index (χ3n) is 2.60. The molecule has 2 rings (SSSR count). The highest BCUT2D eigenvalue weighted by atomic mass is 35.5. The normalized spacial score (nSPS) is 37.4. The van der Waals surface area contributed by atoms with Gasteiger partial charge in [0.25, 0.3) is 0 Å². The lowest BCUT2D eigenvalue weighted by Crippen LogP contribution is -2.51. The van der Waals surface area contributed by atoms with Gasteiger partial charge in [0, 0.05) is 13.1 Å². The Morgan fingerprint density at radius 3 is 3.25 bits per heavy atom. The Labute approximate surface area is 78.5 Å². The highest BCUT2D eigenvalue weighted by Crippen LogP contribution is 2.32. The van der Waals surface area contributed by atoms with Gasteiger partial charge in [0.15, 0.2) is 0 Å². The van der Waals surface area contributed by atoms with E-state index >= 15 is 0 Å². The predicted molar refractivity (Wildman–Crippen MR) is 50.9 cm³/mol. The van der Waals surface area contributed by atoms with Crippen molar-refractivity contribution >= 4 is 11.6 Å². The molecule has 1 fully saturated rings. The summed E-state index contributed by atoms with van der Waals surface area (Å²) in [5, 5.41) is 2.18. The molecule has 3 heteroatoms. The first kappa shape index (κ1) is 8.54. The van der Waals surface area contributed by atoms with E-state index in [1.807, 2.05) is 0 Å². The van der Waals surface area contributed by atoms with Crippen molar-refractivity contribution in [3.05, 3.63) is 12.2 Å². The summed E-state index contributed by atoms with van der Waals surface area (Å²) in [6, 6.07) is 0. The molecule has 0 aromatic heterocycles. The van der Waals surface area contributed by atoms with Crippen LogP contribution in [-0.4, -0.2) is 23.1 Å². The van der Waals surface area contributed by atoms with Gasteiger partial charge >= 0.3 is 0 Å². The van der Waals surface area contributed by atoms with Gasteiger partial charge < -0.3 is 0 Å². The first-order chi connectivity index (χ1) is 5.81. The number of hydrogen-bond acceptors (Lipinski definition) is 2. The van der Waals surface area contributed by atoms with Crippen LogP contribution in [-0.2, 0) is 0 Å². The molecular formula is C9H15ClN2. The number of nitrogens with one attached hydrogen (secondary N) is 1. The average molecular weight is 187 g/mol. The number of rotatable bonds is 0. The summed E-state index contributed by atoms with van der Waals surface area (Å²) in [5.74, 6) is 0. The summed E-state index contributed by atoms with van der Waals surface area (Å²) in [5.41, 5.74) is 3.37. The molecule has 1 saturated heterocycles. The second-order valence-corrected chi connectivity index (χ2v) is 4.18. The van der Waals surface area contributed by atoms with Crippen molar-refractivity contribution in [3.8, 4) is 0 Å². The molecule has 0 aliphatic carbocycles. The van der Waals surface area contributed by atoms with E-state index in [9.17, 15) is 0 Å². The molecule has 68 valence electrons. The number of halogens is 1. The molecule has 2 aliphatic heterocycles. The Bertz CT molecular complexity index is 193. The van der Waals surface area contributed by atoms with Gasteiger partial charge in [0.1, 0.15) is 5.00 Å². The standard InChI is InChI=1S/C9H15ClN2/c10-9-5-1-3-7-11-12(9)8-4-2-6-9/h2,6,11H,1,3-5,7-8H2. The van der Waals surface area contributed by atoms with Gasteiger partial charge in [-0.2, -0.15) is 0 Å². The van der Waals surface area contributed by atoms with Gasteiger partial charge in [0.2, 0.25) is 0 Å². The molecule has 2 nitrogen and oxygen atoms in total. The average Bonchev–Trinajstić information content (AvgIpc) is 2.25. The van der Waals surface area contributed by atoms with Crippen molar-refractivity contribution in [2.24, 2.45) is 0 Å². The van der Waals surface area contributed by atoms with E-state index in [0.29, 0.717) is 0 Å². The molecule has 0 saturated carbocycles. The number of hydrogen-bond donors (Lipinski definition) is 1. The van der Waals surface area contributed by atoms with Crippen LogP contribution in [0.3, 0.4) is 0 Å². The molecule has 0 aromatic rings. The summed E-state index contributed by atoms with van der Waals surface area (Å²) in [7, 11) is 0. The maximum atomic E-state index is 6.46. The van der Waals surface area contributed by atoms with Gasteiger partial charge in [-0.15, -0.1) is 0 Å². The van der Waals surface area contributed by atoms with Crippen LogP contribution in [0.25, 0.3) is 0 Å². The largest absolute Gasteiger partial charge is 0.253 e. The molecule has 1 unspecified atom stereocenters. The third kappa shape index (κ3) is 1.51. The maximum absolute atomic E-state index is 6.46. The van der Waals surface area contributed by atoms with E-state index in [-0.39, 0.29) is 5.00 Å². The lowest BCUT2D eigenvalue weighted by molar-refractivity contribution is 0.127. The van der Waals surface area contributed by atoms with Crippen molar-refractivity contribution in [2.75, 3.05) is 13.1 Å². The Balaban J connectivity index is 2.16. The van der Waals surface area contributed by atoms with Crippen molar-refractivity contribution < 1.29 is 0 Å². The smallest absolute Gasteiger partial charge is 0.127 e. The number of nitrogens with zero attached hydrogens (tertiary/aromatic N) is 1. The molecule has 12 heavy (non-hydrogen) atoms. The molecule has 0 amide bonds. The lowest BCUT2D eigenvalue weighted by Gasteiger charge is -2.37. The third-order valence-corrected chi connectivity index (χ3v) is 3.12. The van der Waals surface area contributed by atoms with Crippen LogP contribution in [0.4, 0.5) is 0 Å². The second-order valence-electron chi connectivity index (χ2n) is 3.53. The number of hydrazine groups is 1. The van der Waals surface area contributed by atoms with Crippen LogP contribution >= 0.6 is 11.6 Å². The molecule has 0 spiro atoms. The minimum Gasteiger partial charge on any atom is -0.253 e. The molecule has 0 radical (unpaired) electrons.